The highest BCUT2D eigenvalue weighted by atomic mass is 79.9. The quantitative estimate of drug-likeness (QED) is 0.540. The van der Waals surface area contributed by atoms with Gasteiger partial charge in [-0.15, -0.1) is 0 Å². The highest BCUT2D eigenvalue weighted by molar-refractivity contribution is 9.10. The molecule has 0 aliphatic heterocycles. The lowest BCUT2D eigenvalue weighted by atomic mass is 10.1. The summed E-state index contributed by atoms with van der Waals surface area (Å²) in [5, 5.41) is 4.03. The molecule has 2 N–H and O–H groups in total. The Morgan fingerprint density at radius 1 is 0.962 bits per heavy atom. The van der Waals surface area contributed by atoms with Gasteiger partial charge >= 0.3 is 12.4 Å². The van der Waals surface area contributed by atoms with Crippen molar-refractivity contribution in [1.82, 2.24) is 9.78 Å². The Balaban J connectivity index is 2.09. The normalized spacial score (nSPS) is 12.7. The molecule has 1 aromatic heterocycles. The van der Waals surface area contributed by atoms with E-state index in [4.69, 9.17) is 5.73 Å². The van der Waals surface area contributed by atoms with Crippen LogP contribution in [0, 0.1) is 0 Å². The van der Waals surface area contributed by atoms with Crippen LogP contribution in [0.2, 0.25) is 0 Å². The highest BCUT2D eigenvalue weighted by Crippen LogP contribution is 2.39. The van der Waals surface area contributed by atoms with E-state index in [9.17, 15) is 26.3 Å². The number of fused-ring (bicyclic) bond motifs is 1. The third kappa shape index (κ3) is 3.50. The molecule has 0 fully saturated rings. The Morgan fingerprint density at radius 3 is 2.12 bits per heavy atom. The number of hydrogen-bond acceptors (Lipinski definition) is 2. The van der Waals surface area contributed by atoms with E-state index in [2.05, 4.69) is 21.0 Å². The molecular weight excluding hydrogens is 428 g/mol. The van der Waals surface area contributed by atoms with Gasteiger partial charge in [-0.1, -0.05) is 28.1 Å². The van der Waals surface area contributed by atoms with Gasteiger partial charge in [-0.3, -0.25) is 4.68 Å². The Labute approximate surface area is 151 Å². The first-order valence-electron chi connectivity index (χ1n) is 7.15. The van der Waals surface area contributed by atoms with Crippen molar-refractivity contribution in [2.75, 3.05) is 5.73 Å². The molecule has 3 nitrogen and oxygen atoms in total. The van der Waals surface area contributed by atoms with Gasteiger partial charge in [-0.25, -0.2) is 0 Å². The Bertz CT molecular complexity index is 957. The molecule has 0 aliphatic rings. The van der Waals surface area contributed by atoms with Gasteiger partial charge in [-0.2, -0.15) is 31.4 Å². The van der Waals surface area contributed by atoms with Crippen molar-refractivity contribution in [2.24, 2.45) is 0 Å². The summed E-state index contributed by atoms with van der Waals surface area (Å²) < 4.78 is 79.2. The summed E-state index contributed by atoms with van der Waals surface area (Å²) in [5.41, 5.74) is 4.09. The maximum atomic E-state index is 13.4. The predicted molar refractivity (Wildman–Crippen MR) is 87.4 cm³/mol. The number of benzene rings is 2. The fraction of sp³-hybridized carbons (Fsp3) is 0.188. The largest absolute Gasteiger partial charge is 0.418 e. The van der Waals surface area contributed by atoms with Crippen molar-refractivity contribution in [3.05, 3.63) is 57.6 Å². The summed E-state index contributed by atoms with van der Waals surface area (Å²) in [7, 11) is 0. The molecular formula is C16H10BrF6N3. The lowest BCUT2D eigenvalue weighted by Gasteiger charge is -2.12. The molecule has 26 heavy (non-hydrogen) atoms. The molecule has 0 spiro atoms. The third-order valence-corrected chi connectivity index (χ3v) is 4.21. The molecule has 2 aromatic carbocycles. The van der Waals surface area contributed by atoms with Crippen LogP contribution in [-0.4, -0.2) is 9.78 Å². The molecule has 0 saturated carbocycles. The number of nitrogens with two attached hydrogens (primary N) is 1. The van der Waals surface area contributed by atoms with E-state index in [1.54, 1.807) is 0 Å². The van der Waals surface area contributed by atoms with Gasteiger partial charge in [0.05, 0.1) is 23.2 Å². The summed E-state index contributed by atoms with van der Waals surface area (Å²) >= 11 is 3.01. The van der Waals surface area contributed by atoms with Crippen molar-refractivity contribution in [2.45, 2.75) is 18.9 Å². The number of nitrogen functional groups attached to an aromatic ring is 1. The van der Waals surface area contributed by atoms with Crippen LogP contribution in [0.25, 0.3) is 10.9 Å². The monoisotopic (exact) mass is 437 g/mol. The number of halogens is 7. The predicted octanol–water partition coefficient (Wildman–Crippen LogP) is 5.47. The van der Waals surface area contributed by atoms with Crippen LogP contribution in [0.4, 0.5) is 32.2 Å². The van der Waals surface area contributed by atoms with Gasteiger partial charge in [0.15, 0.2) is 5.82 Å². The first-order chi connectivity index (χ1) is 12.0. The first-order valence-corrected chi connectivity index (χ1v) is 7.95. The van der Waals surface area contributed by atoms with E-state index in [1.807, 2.05) is 0 Å². The van der Waals surface area contributed by atoms with Gasteiger partial charge < -0.3 is 5.73 Å². The van der Waals surface area contributed by atoms with Crippen molar-refractivity contribution < 1.29 is 26.3 Å². The molecule has 0 radical (unpaired) electrons. The maximum absolute atomic E-state index is 13.4. The minimum absolute atomic E-state index is 0.0984. The minimum Gasteiger partial charge on any atom is -0.382 e. The lowest BCUT2D eigenvalue weighted by Crippen LogP contribution is -2.11. The average Bonchev–Trinajstić information content (AvgIpc) is 2.81. The molecule has 138 valence electrons. The number of nitrogens with zero attached hydrogens (tertiary/aromatic N) is 2. The summed E-state index contributed by atoms with van der Waals surface area (Å²) in [5.74, 6) is -0.0984. The molecule has 0 bridgehead atoms. The van der Waals surface area contributed by atoms with E-state index in [1.165, 1.54) is 18.2 Å². The Kier molecular flexibility index (Phi) is 4.41. The van der Waals surface area contributed by atoms with E-state index < -0.39 is 23.5 Å². The fourth-order valence-corrected chi connectivity index (χ4v) is 3.07. The van der Waals surface area contributed by atoms with E-state index in [0.29, 0.717) is 5.56 Å². The van der Waals surface area contributed by atoms with E-state index in [0.717, 1.165) is 22.9 Å². The van der Waals surface area contributed by atoms with Crippen LogP contribution in [0.5, 0.6) is 0 Å². The lowest BCUT2D eigenvalue weighted by molar-refractivity contribution is -0.138. The topological polar surface area (TPSA) is 43.8 Å². The van der Waals surface area contributed by atoms with Crippen LogP contribution >= 0.6 is 15.9 Å². The fourth-order valence-electron chi connectivity index (χ4n) is 2.61. The van der Waals surface area contributed by atoms with Crippen molar-refractivity contribution in [3.8, 4) is 0 Å². The number of rotatable bonds is 2. The summed E-state index contributed by atoms with van der Waals surface area (Å²) in [6.07, 6.45) is -9.14. The van der Waals surface area contributed by atoms with Crippen molar-refractivity contribution >= 4 is 32.7 Å². The second-order valence-corrected chi connectivity index (χ2v) is 6.50. The molecule has 3 aromatic rings. The summed E-state index contributed by atoms with van der Waals surface area (Å²) in [4.78, 5) is 0. The van der Waals surface area contributed by atoms with Crippen LogP contribution in [0.3, 0.4) is 0 Å². The van der Waals surface area contributed by atoms with Gasteiger partial charge in [0.25, 0.3) is 0 Å². The minimum atomic E-state index is -4.65. The standard InChI is InChI=1S/C16H10BrF6N3/c17-10-5-11-13(12(6-10)16(21,22)23)26(25-14(11)24)7-8-1-3-9(4-2-8)15(18,19)20/h1-6H,7H2,(H2,24,25). The van der Waals surface area contributed by atoms with Gasteiger partial charge in [0.1, 0.15) is 0 Å². The number of aromatic nitrogens is 2. The van der Waals surface area contributed by atoms with E-state index in [-0.39, 0.29) is 27.7 Å². The molecule has 0 saturated heterocycles. The molecule has 1 heterocycles. The zero-order valence-corrected chi connectivity index (χ0v) is 14.4. The average molecular weight is 438 g/mol. The van der Waals surface area contributed by atoms with Crippen molar-refractivity contribution in [3.63, 3.8) is 0 Å². The van der Waals surface area contributed by atoms with Crippen molar-refractivity contribution in [1.29, 1.82) is 0 Å². The van der Waals surface area contributed by atoms with Crippen LogP contribution in [0.1, 0.15) is 16.7 Å². The highest BCUT2D eigenvalue weighted by Gasteiger charge is 2.35. The number of anilines is 1. The van der Waals surface area contributed by atoms with Crippen LogP contribution < -0.4 is 5.73 Å². The SMILES string of the molecule is Nc1nn(Cc2ccc(C(F)(F)F)cc2)c2c(C(F)(F)F)cc(Br)cc12. The van der Waals surface area contributed by atoms with Gasteiger partial charge in [-0.05, 0) is 29.8 Å². The second-order valence-electron chi connectivity index (χ2n) is 5.58. The first kappa shape index (κ1) is 18.6. The summed E-state index contributed by atoms with van der Waals surface area (Å²) in [6.45, 7) is -0.156. The smallest absolute Gasteiger partial charge is 0.382 e. The Morgan fingerprint density at radius 2 is 1.58 bits per heavy atom. The van der Waals surface area contributed by atoms with Gasteiger partial charge in [0, 0.05) is 9.86 Å². The van der Waals surface area contributed by atoms with E-state index >= 15 is 0 Å². The molecule has 3 rings (SSSR count). The Hall–Kier alpha value is -2.23. The zero-order chi connectivity index (χ0) is 19.3. The number of alkyl halides is 6. The number of hydrogen-bond donors (Lipinski definition) is 1. The molecule has 0 unspecified atom stereocenters. The molecule has 0 atom stereocenters. The van der Waals surface area contributed by atoms with Crippen LogP contribution in [-0.2, 0) is 18.9 Å². The second kappa shape index (κ2) is 6.19. The van der Waals surface area contributed by atoms with Crippen LogP contribution in [0.15, 0.2) is 40.9 Å². The molecule has 10 heteroatoms. The molecule has 0 aliphatic carbocycles. The molecule has 0 amide bonds. The maximum Gasteiger partial charge on any atom is 0.418 e. The third-order valence-electron chi connectivity index (χ3n) is 3.76. The summed E-state index contributed by atoms with van der Waals surface area (Å²) in [6, 6.07) is 6.44. The van der Waals surface area contributed by atoms with Gasteiger partial charge in [0.2, 0.25) is 0 Å². The zero-order valence-electron chi connectivity index (χ0n) is 12.8.